The molecule has 6 nitrogen and oxygen atoms in total. The van der Waals surface area contributed by atoms with Gasteiger partial charge in [-0.2, -0.15) is 0 Å². The molecule has 0 spiro atoms. The van der Waals surface area contributed by atoms with E-state index >= 15 is 0 Å². The second-order valence-electron chi connectivity index (χ2n) is 6.11. The molecule has 1 atom stereocenters. The van der Waals surface area contributed by atoms with Crippen molar-refractivity contribution in [1.82, 2.24) is 0 Å². The Bertz CT molecular complexity index is 541. The van der Waals surface area contributed by atoms with Crippen LogP contribution in [0.5, 0.6) is 0 Å². The Morgan fingerprint density at radius 1 is 1.48 bits per heavy atom. The predicted octanol–water partition coefficient (Wildman–Crippen LogP) is 3.31. The highest BCUT2D eigenvalue weighted by Crippen LogP contribution is 2.29. The summed E-state index contributed by atoms with van der Waals surface area (Å²) >= 11 is 3.23. The molecule has 3 N–H and O–H groups in total. The van der Waals surface area contributed by atoms with E-state index in [2.05, 4.69) is 21.2 Å². The number of non-ortho nitro benzene ring substituents is 1. The average Bonchev–Trinajstić information content (AvgIpc) is 2.36. The number of hydrogen-bond acceptors (Lipinski definition) is 4. The van der Waals surface area contributed by atoms with Crippen LogP contribution in [0.1, 0.15) is 27.2 Å². The van der Waals surface area contributed by atoms with Crippen molar-refractivity contribution >= 4 is 33.2 Å². The van der Waals surface area contributed by atoms with Crippen LogP contribution in [0.4, 0.5) is 11.4 Å². The van der Waals surface area contributed by atoms with Crippen molar-refractivity contribution in [2.45, 2.75) is 27.2 Å². The number of nitrogens with two attached hydrogens (primary N) is 1. The Morgan fingerprint density at radius 2 is 2.10 bits per heavy atom. The van der Waals surface area contributed by atoms with Crippen LogP contribution >= 0.6 is 15.9 Å². The molecule has 0 aliphatic carbocycles. The summed E-state index contributed by atoms with van der Waals surface area (Å²) in [7, 11) is 0. The maximum absolute atomic E-state index is 12.2. The molecule has 0 fully saturated rings. The van der Waals surface area contributed by atoms with Gasteiger partial charge in [0.05, 0.1) is 16.5 Å². The van der Waals surface area contributed by atoms with Gasteiger partial charge in [0.2, 0.25) is 5.91 Å². The van der Waals surface area contributed by atoms with E-state index in [4.69, 9.17) is 5.73 Å². The van der Waals surface area contributed by atoms with E-state index in [1.54, 1.807) is 0 Å². The van der Waals surface area contributed by atoms with Gasteiger partial charge in [-0.15, -0.1) is 0 Å². The highest BCUT2D eigenvalue weighted by molar-refractivity contribution is 9.10. The van der Waals surface area contributed by atoms with Crippen LogP contribution in [0, 0.1) is 21.4 Å². The number of nitrogens with zero attached hydrogens (tertiary/aromatic N) is 1. The Balaban J connectivity index is 2.84. The molecule has 0 aliphatic rings. The minimum absolute atomic E-state index is 0.00587. The van der Waals surface area contributed by atoms with E-state index in [9.17, 15) is 14.9 Å². The average molecular weight is 358 g/mol. The number of nitro groups is 1. The monoisotopic (exact) mass is 357 g/mol. The fourth-order valence-corrected chi connectivity index (χ4v) is 2.44. The Hall–Kier alpha value is -1.47. The number of rotatable bonds is 5. The first-order valence-electron chi connectivity index (χ1n) is 6.59. The summed E-state index contributed by atoms with van der Waals surface area (Å²) in [4.78, 5) is 22.4. The third kappa shape index (κ3) is 5.43. The molecule has 1 rings (SSSR count). The van der Waals surface area contributed by atoms with Gasteiger partial charge in [-0.1, -0.05) is 20.8 Å². The highest BCUT2D eigenvalue weighted by atomic mass is 79.9. The SMILES string of the molecule is CC(C)(C)CC(CN)C(=O)Nc1ccc([N+](=O)[O-])cc1Br. The lowest BCUT2D eigenvalue weighted by Crippen LogP contribution is -2.32. The largest absolute Gasteiger partial charge is 0.330 e. The number of hydrogen-bond donors (Lipinski definition) is 2. The predicted molar refractivity (Wildman–Crippen MR) is 86.0 cm³/mol. The molecule has 21 heavy (non-hydrogen) atoms. The molecule has 0 saturated heterocycles. The van der Waals surface area contributed by atoms with E-state index in [0.717, 1.165) is 0 Å². The molecule has 0 aromatic heterocycles. The Labute approximate surface area is 132 Å². The van der Waals surface area contributed by atoms with Crippen molar-refractivity contribution in [2.24, 2.45) is 17.1 Å². The van der Waals surface area contributed by atoms with Crippen LogP contribution in [0.15, 0.2) is 22.7 Å². The molecule has 0 radical (unpaired) electrons. The number of benzene rings is 1. The molecule has 116 valence electrons. The van der Waals surface area contributed by atoms with Gasteiger partial charge in [-0.3, -0.25) is 14.9 Å². The number of carbonyl (C=O) groups is 1. The molecule has 1 aromatic carbocycles. The van der Waals surface area contributed by atoms with Crippen LogP contribution in [-0.2, 0) is 4.79 Å². The molecular formula is C14H20BrN3O3. The standard InChI is InChI=1S/C14H20BrN3O3/c1-14(2,3)7-9(8-16)13(19)17-12-5-4-10(18(20)21)6-11(12)15/h4-6,9H,7-8,16H2,1-3H3,(H,17,19). The van der Waals surface area contributed by atoms with Crippen molar-refractivity contribution in [3.8, 4) is 0 Å². The molecule has 0 bridgehead atoms. The summed E-state index contributed by atoms with van der Waals surface area (Å²) in [5.41, 5.74) is 6.13. The minimum atomic E-state index is -0.487. The van der Waals surface area contributed by atoms with Gasteiger partial charge in [0, 0.05) is 23.2 Å². The van der Waals surface area contributed by atoms with Gasteiger partial charge in [0.25, 0.3) is 5.69 Å². The van der Waals surface area contributed by atoms with Crippen molar-refractivity contribution in [3.63, 3.8) is 0 Å². The second-order valence-corrected chi connectivity index (χ2v) is 6.96. The van der Waals surface area contributed by atoms with Gasteiger partial charge >= 0.3 is 0 Å². The summed E-state index contributed by atoms with van der Waals surface area (Å²) in [5.74, 6) is -0.478. The summed E-state index contributed by atoms with van der Waals surface area (Å²) in [6.07, 6.45) is 0.667. The van der Waals surface area contributed by atoms with E-state index in [0.29, 0.717) is 16.6 Å². The van der Waals surface area contributed by atoms with Crippen LogP contribution in [0.2, 0.25) is 0 Å². The zero-order valence-corrected chi connectivity index (χ0v) is 13.9. The summed E-state index contributed by atoms with van der Waals surface area (Å²) in [6.45, 7) is 6.40. The smallest absolute Gasteiger partial charge is 0.270 e. The quantitative estimate of drug-likeness (QED) is 0.623. The van der Waals surface area contributed by atoms with Crippen LogP contribution in [0.25, 0.3) is 0 Å². The molecule has 1 unspecified atom stereocenters. The van der Waals surface area contributed by atoms with E-state index in [1.807, 2.05) is 20.8 Å². The Morgan fingerprint density at radius 3 is 2.52 bits per heavy atom. The summed E-state index contributed by atoms with van der Waals surface area (Å²) in [5, 5.41) is 13.4. The minimum Gasteiger partial charge on any atom is -0.330 e. The summed E-state index contributed by atoms with van der Waals surface area (Å²) in [6, 6.07) is 4.21. The number of nitrogens with one attached hydrogen (secondary N) is 1. The van der Waals surface area contributed by atoms with Crippen LogP contribution in [0.3, 0.4) is 0 Å². The topological polar surface area (TPSA) is 98.3 Å². The number of halogens is 1. The van der Waals surface area contributed by atoms with Crippen molar-refractivity contribution in [1.29, 1.82) is 0 Å². The van der Waals surface area contributed by atoms with Crippen molar-refractivity contribution in [3.05, 3.63) is 32.8 Å². The number of anilines is 1. The number of amides is 1. The molecule has 1 aromatic rings. The molecule has 0 aliphatic heterocycles. The van der Waals surface area contributed by atoms with E-state index in [1.165, 1.54) is 18.2 Å². The van der Waals surface area contributed by atoms with E-state index < -0.39 is 4.92 Å². The first kappa shape index (κ1) is 17.6. The first-order chi connectivity index (χ1) is 9.64. The fraction of sp³-hybridized carbons (Fsp3) is 0.500. The Kier molecular flexibility index (Phi) is 5.86. The molecule has 0 heterocycles. The summed E-state index contributed by atoms with van der Waals surface area (Å²) < 4.78 is 0.469. The lowest BCUT2D eigenvalue weighted by Gasteiger charge is -2.24. The van der Waals surface area contributed by atoms with Gasteiger partial charge < -0.3 is 11.1 Å². The molecule has 1 amide bonds. The lowest BCUT2D eigenvalue weighted by molar-refractivity contribution is -0.384. The third-order valence-corrected chi connectivity index (χ3v) is 3.59. The van der Waals surface area contributed by atoms with Crippen molar-refractivity contribution < 1.29 is 9.72 Å². The zero-order valence-electron chi connectivity index (χ0n) is 12.4. The first-order valence-corrected chi connectivity index (χ1v) is 7.38. The molecular weight excluding hydrogens is 338 g/mol. The second kappa shape index (κ2) is 7.00. The van der Waals surface area contributed by atoms with Gasteiger partial charge in [-0.25, -0.2) is 0 Å². The maximum Gasteiger partial charge on any atom is 0.270 e. The number of carbonyl (C=O) groups excluding carboxylic acids is 1. The van der Waals surface area contributed by atoms with Crippen LogP contribution < -0.4 is 11.1 Å². The molecule has 0 saturated carbocycles. The highest BCUT2D eigenvalue weighted by Gasteiger charge is 2.24. The lowest BCUT2D eigenvalue weighted by atomic mass is 9.84. The van der Waals surface area contributed by atoms with Crippen LogP contribution in [-0.4, -0.2) is 17.4 Å². The zero-order chi connectivity index (χ0) is 16.2. The maximum atomic E-state index is 12.2. The van der Waals surface area contributed by atoms with Gasteiger partial charge in [-0.05, 0) is 33.8 Å². The molecule has 7 heteroatoms. The fourth-order valence-electron chi connectivity index (χ4n) is 1.98. The number of nitro benzene ring substituents is 1. The van der Waals surface area contributed by atoms with Crippen molar-refractivity contribution in [2.75, 3.05) is 11.9 Å². The normalized spacial score (nSPS) is 12.8. The van der Waals surface area contributed by atoms with Gasteiger partial charge in [0.1, 0.15) is 0 Å². The van der Waals surface area contributed by atoms with Gasteiger partial charge in [0.15, 0.2) is 0 Å². The third-order valence-electron chi connectivity index (χ3n) is 2.94. The van der Waals surface area contributed by atoms with E-state index in [-0.39, 0.29) is 29.5 Å².